The van der Waals surface area contributed by atoms with Gasteiger partial charge in [0.2, 0.25) is 0 Å². The summed E-state index contributed by atoms with van der Waals surface area (Å²) in [6.07, 6.45) is -2.46. The minimum absolute atomic E-state index is 0.234. The number of nitrogens with one attached hydrogen (secondary N) is 1. The van der Waals surface area contributed by atoms with Gasteiger partial charge < -0.3 is 5.32 Å². The quantitative estimate of drug-likeness (QED) is 0.727. The van der Waals surface area contributed by atoms with Crippen LogP contribution < -0.4 is 5.32 Å². The summed E-state index contributed by atoms with van der Waals surface area (Å²) in [7, 11) is 0. The molecule has 0 radical (unpaired) electrons. The molecular weight excluding hydrogens is 179 g/mol. The first kappa shape index (κ1) is 10.8. The maximum Gasteiger partial charge on any atom is 0.390 e. The van der Waals surface area contributed by atoms with E-state index in [4.69, 9.17) is 0 Å². The standard InChI is InChI=1S/C9H16F3N/c1-6(5-9(10,11)12)13-7(2)8-3-4-8/h6-8,13H,3-5H2,1-2H3. The SMILES string of the molecule is CC(CC(F)(F)F)NC(C)C1CC1. The molecule has 78 valence electrons. The highest BCUT2D eigenvalue weighted by Gasteiger charge is 2.33. The van der Waals surface area contributed by atoms with Gasteiger partial charge in [0, 0.05) is 12.1 Å². The van der Waals surface area contributed by atoms with Crippen molar-refractivity contribution in [2.24, 2.45) is 5.92 Å². The van der Waals surface area contributed by atoms with Crippen molar-refractivity contribution in [2.45, 2.75) is 51.4 Å². The topological polar surface area (TPSA) is 12.0 Å². The number of hydrogen-bond acceptors (Lipinski definition) is 1. The Morgan fingerprint density at radius 3 is 2.23 bits per heavy atom. The molecule has 0 bridgehead atoms. The monoisotopic (exact) mass is 195 g/mol. The molecule has 1 aliphatic carbocycles. The van der Waals surface area contributed by atoms with Gasteiger partial charge in [-0.25, -0.2) is 0 Å². The molecular formula is C9H16F3N. The summed E-state index contributed by atoms with van der Waals surface area (Å²) in [6.45, 7) is 3.55. The summed E-state index contributed by atoms with van der Waals surface area (Å²) >= 11 is 0. The average molecular weight is 195 g/mol. The molecule has 0 spiro atoms. The highest BCUT2D eigenvalue weighted by molar-refractivity contribution is 4.85. The van der Waals surface area contributed by atoms with E-state index in [1.807, 2.05) is 6.92 Å². The molecule has 1 N–H and O–H groups in total. The molecule has 1 nitrogen and oxygen atoms in total. The van der Waals surface area contributed by atoms with Crippen LogP contribution in [0, 0.1) is 5.92 Å². The van der Waals surface area contributed by atoms with Crippen LogP contribution >= 0.6 is 0 Å². The zero-order chi connectivity index (χ0) is 10.1. The van der Waals surface area contributed by atoms with E-state index in [0.717, 1.165) is 12.8 Å². The Bertz CT molecular complexity index is 163. The van der Waals surface area contributed by atoms with Crippen molar-refractivity contribution in [3.8, 4) is 0 Å². The lowest BCUT2D eigenvalue weighted by atomic mass is 10.1. The molecule has 2 atom stereocenters. The lowest BCUT2D eigenvalue weighted by Crippen LogP contribution is -2.38. The second-order valence-electron chi connectivity index (χ2n) is 4.01. The fraction of sp³-hybridized carbons (Fsp3) is 1.00. The van der Waals surface area contributed by atoms with E-state index in [2.05, 4.69) is 5.32 Å². The first-order chi connectivity index (χ1) is 5.88. The van der Waals surface area contributed by atoms with E-state index in [1.165, 1.54) is 0 Å². The van der Waals surface area contributed by atoms with Crippen LogP contribution in [0.4, 0.5) is 13.2 Å². The number of hydrogen-bond donors (Lipinski definition) is 1. The molecule has 4 heteroatoms. The van der Waals surface area contributed by atoms with Crippen LogP contribution in [0.25, 0.3) is 0 Å². The molecule has 1 aliphatic rings. The Kier molecular flexibility index (Phi) is 3.22. The number of halogens is 3. The lowest BCUT2D eigenvalue weighted by molar-refractivity contribution is -0.139. The Labute approximate surface area is 76.7 Å². The maximum absolute atomic E-state index is 11.9. The van der Waals surface area contributed by atoms with E-state index in [0.29, 0.717) is 5.92 Å². The van der Waals surface area contributed by atoms with Crippen LogP contribution in [0.2, 0.25) is 0 Å². The van der Waals surface area contributed by atoms with Crippen LogP contribution in [-0.2, 0) is 0 Å². The molecule has 0 aromatic carbocycles. The minimum Gasteiger partial charge on any atom is -0.311 e. The zero-order valence-corrected chi connectivity index (χ0v) is 7.99. The third-order valence-corrected chi connectivity index (χ3v) is 2.41. The van der Waals surface area contributed by atoms with Crippen LogP contribution in [0.5, 0.6) is 0 Å². The Balaban J connectivity index is 2.19. The van der Waals surface area contributed by atoms with Crippen molar-refractivity contribution in [3.05, 3.63) is 0 Å². The van der Waals surface area contributed by atoms with Gasteiger partial charge in [-0.15, -0.1) is 0 Å². The van der Waals surface area contributed by atoms with Gasteiger partial charge in [0.15, 0.2) is 0 Å². The first-order valence-corrected chi connectivity index (χ1v) is 4.71. The highest BCUT2D eigenvalue weighted by Crippen LogP contribution is 2.33. The fourth-order valence-electron chi connectivity index (χ4n) is 1.59. The summed E-state index contributed by atoms with van der Waals surface area (Å²) in [5.41, 5.74) is 0. The second kappa shape index (κ2) is 3.86. The molecule has 1 fully saturated rings. The predicted molar refractivity (Wildman–Crippen MR) is 45.5 cm³/mol. The molecule has 1 saturated carbocycles. The third kappa shape index (κ3) is 4.50. The van der Waals surface area contributed by atoms with Crippen molar-refractivity contribution in [1.82, 2.24) is 5.32 Å². The smallest absolute Gasteiger partial charge is 0.311 e. The van der Waals surface area contributed by atoms with Crippen molar-refractivity contribution in [2.75, 3.05) is 0 Å². The van der Waals surface area contributed by atoms with E-state index in [-0.39, 0.29) is 6.04 Å². The van der Waals surface area contributed by atoms with Gasteiger partial charge in [0.05, 0.1) is 6.42 Å². The van der Waals surface area contributed by atoms with Crippen LogP contribution in [0.1, 0.15) is 33.1 Å². The van der Waals surface area contributed by atoms with E-state index in [1.54, 1.807) is 6.92 Å². The molecule has 1 rings (SSSR count). The van der Waals surface area contributed by atoms with Crippen molar-refractivity contribution >= 4 is 0 Å². The predicted octanol–water partition coefficient (Wildman–Crippen LogP) is 2.72. The van der Waals surface area contributed by atoms with E-state index >= 15 is 0 Å². The van der Waals surface area contributed by atoms with Crippen molar-refractivity contribution < 1.29 is 13.2 Å². The second-order valence-corrected chi connectivity index (χ2v) is 4.01. The summed E-state index contributed by atoms with van der Waals surface area (Å²) in [6, 6.07) is -0.229. The maximum atomic E-state index is 11.9. The van der Waals surface area contributed by atoms with Gasteiger partial charge in [0.1, 0.15) is 0 Å². The van der Waals surface area contributed by atoms with Crippen molar-refractivity contribution in [1.29, 1.82) is 0 Å². The molecule has 0 saturated heterocycles. The van der Waals surface area contributed by atoms with Gasteiger partial charge in [-0.1, -0.05) is 0 Å². The molecule has 0 aromatic rings. The molecule has 0 heterocycles. The molecule has 0 aromatic heterocycles. The Morgan fingerprint density at radius 2 is 1.85 bits per heavy atom. The molecule has 2 unspecified atom stereocenters. The summed E-state index contributed by atoms with van der Waals surface area (Å²) < 4.78 is 35.8. The summed E-state index contributed by atoms with van der Waals surface area (Å²) in [4.78, 5) is 0. The Hall–Kier alpha value is -0.250. The molecule has 13 heavy (non-hydrogen) atoms. The molecule has 0 aliphatic heterocycles. The highest BCUT2D eigenvalue weighted by atomic mass is 19.4. The zero-order valence-electron chi connectivity index (χ0n) is 7.99. The number of rotatable bonds is 4. The first-order valence-electron chi connectivity index (χ1n) is 4.71. The molecule has 0 amide bonds. The fourth-order valence-corrected chi connectivity index (χ4v) is 1.59. The minimum atomic E-state index is -4.05. The van der Waals surface area contributed by atoms with Crippen LogP contribution in [0.15, 0.2) is 0 Å². The number of alkyl halides is 3. The van der Waals surface area contributed by atoms with Crippen LogP contribution in [-0.4, -0.2) is 18.3 Å². The normalized spacial score (nSPS) is 22.8. The Morgan fingerprint density at radius 1 is 1.31 bits per heavy atom. The van der Waals surface area contributed by atoms with Gasteiger partial charge in [-0.2, -0.15) is 13.2 Å². The van der Waals surface area contributed by atoms with Crippen molar-refractivity contribution in [3.63, 3.8) is 0 Å². The largest absolute Gasteiger partial charge is 0.390 e. The van der Waals surface area contributed by atoms with E-state index < -0.39 is 18.6 Å². The lowest BCUT2D eigenvalue weighted by Gasteiger charge is -2.20. The summed E-state index contributed by atoms with van der Waals surface area (Å²) in [5, 5.41) is 2.98. The van der Waals surface area contributed by atoms with Crippen LogP contribution in [0.3, 0.4) is 0 Å². The third-order valence-electron chi connectivity index (χ3n) is 2.41. The van der Waals surface area contributed by atoms with Gasteiger partial charge in [0.25, 0.3) is 0 Å². The van der Waals surface area contributed by atoms with E-state index in [9.17, 15) is 13.2 Å². The van der Waals surface area contributed by atoms with Gasteiger partial charge in [-0.05, 0) is 32.6 Å². The average Bonchev–Trinajstić information content (AvgIpc) is 2.60. The van der Waals surface area contributed by atoms with Gasteiger partial charge in [-0.3, -0.25) is 0 Å². The summed E-state index contributed by atoms with van der Waals surface area (Å²) in [5.74, 6) is 0.607. The van der Waals surface area contributed by atoms with Gasteiger partial charge >= 0.3 is 6.18 Å².